The van der Waals surface area contributed by atoms with Gasteiger partial charge in [-0.15, -0.1) is 0 Å². The third-order valence-electron chi connectivity index (χ3n) is 7.45. The monoisotopic (exact) mass is 620 g/mol. The first-order valence-corrected chi connectivity index (χ1v) is 15.1. The van der Waals surface area contributed by atoms with Gasteiger partial charge >= 0.3 is 5.97 Å². The van der Waals surface area contributed by atoms with Crippen LogP contribution in [0.25, 0.3) is 11.0 Å². The minimum absolute atomic E-state index is 0.00123. The number of aromatic nitrogens is 5. The van der Waals surface area contributed by atoms with Crippen LogP contribution in [-0.4, -0.2) is 68.0 Å². The van der Waals surface area contributed by atoms with Gasteiger partial charge in [-0.2, -0.15) is 0 Å². The lowest BCUT2D eigenvalue weighted by molar-refractivity contribution is -0.153. The number of esters is 1. The Balaban J connectivity index is 1.23. The number of ketones is 1. The van der Waals surface area contributed by atoms with Crippen LogP contribution in [0.4, 0.5) is 26.2 Å². The zero-order valence-electron chi connectivity index (χ0n) is 25.9. The zero-order valence-corrected chi connectivity index (χ0v) is 25.9. The molecule has 0 spiro atoms. The fourth-order valence-electron chi connectivity index (χ4n) is 5.36. The molecule has 1 fully saturated rings. The van der Waals surface area contributed by atoms with Crippen LogP contribution in [0.2, 0.25) is 0 Å². The quantitative estimate of drug-likeness (QED) is 0.172. The first kappa shape index (κ1) is 31.9. The molecule has 238 valence electrons. The molecule has 0 aliphatic carbocycles. The summed E-state index contributed by atoms with van der Waals surface area (Å²) >= 11 is 0. The van der Waals surface area contributed by atoms with Gasteiger partial charge in [0.2, 0.25) is 5.95 Å². The van der Waals surface area contributed by atoms with E-state index in [2.05, 4.69) is 42.4 Å². The van der Waals surface area contributed by atoms with E-state index >= 15 is 8.78 Å². The molecular weight excluding hydrogens is 582 g/mol. The number of hydrogen-bond acceptors (Lipinski definition) is 10. The zero-order chi connectivity index (χ0) is 32.1. The highest BCUT2D eigenvalue weighted by molar-refractivity contribution is 5.98. The number of piperidine rings is 1. The maximum absolute atomic E-state index is 15.4. The highest BCUT2D eigenvalue weighted by Gasteiger charge is 2.26. The molecule has 4 aromatic rings. The number of nitrogens with one attached hydrogen (secondary N) is 2. The van der Waals surface area contributed by atoms with Gasteiger partial charge in [0.05, 0.1) is 24.2 Å². The molecule has 0 bridgehead atoms. The highest BCUT2D eigenvalue weighted by atomic mass is 19.1. The normalized spacial score (nSPS) is 14.1. The maximum atomic E-state index is 15.4. The number of rotatable bonds is 11. The van der Waals surface area contributed by atoms with Crippen molar-refractivity contribution >= 4 is 40.2 Å². The fraction of sp³-hybridized carbons (Fsp3) is 0.438. The van der Waals surface area contributed by atoms with Crippen molar-refractivity contribution in [3.05, 3.63) is 65.9 Å². The van der Waals surface area contributed by atoms with Crippen LogP contribution in [0.3, 0.4) is 0 Å². The molecule has 2 N–H and O–H groups in total. The number of nitrogens with zero attached hydrogens (tertiary/aromatic N) is 6. The standard InChI is InChI=1S/C32H38F2N8O3/c1-5-6-20-14-36-31(37-15-20)41-11-9-22(10-12-41)42-18-24(34)28-29(38-19-39-30(28)42)40-25-8-7-21(13-23(25)33)26(43)16-35-17-27(44)45-32(2,3)4/h7-8,13-15,18-19,22,35H,5-6,9-12,16-17H2,1-4H3,(H,38,39,40). The lowest BCUT2D eigenvalue weighted by Crippen LogP contribution is -2.35. The molecule has 13 heteroatoms. The molecular formula is C32H38F2N8O3. The summed E-state index contributed by atoms with van der Waals surface area (Å²) in [6.45, 7) is 8.46. The van der Waals surface area contributed by atoms with Gasteiger partial charge in [0.25, 0.3) is 0 Å². The molecule has 45 heavy (non-hydrogen) atoms. The predicted octanol–water partition coefficient (Wildman–Crippen LogP) is 5.15. The Morgan fingerprint density at radius 1 is 1.02 bits per heavy atom. The summed E-state index contributed by atoms with van der Waals surface area (Å²) in [5.41, 5.74) is 1.03. The fourth-order valence-corrected chi connectivity index (χ4v) is 5.36. The summed E-state index contributed by atoms with van der Waals surface area (Å²) in [6.07, 6.45) is 9.95. The van der Waals surface area contributed by atoms with E-state index in [1.807, 2.05) is 17.0 Å². The van der Waals surface area contributed by atoms with Crippen molar-refractivity contribution < 1.29 is 23.1 Å². The summed E-state index contributed by atoms with van der Waals surface area (Å²) in [5.74, 6) is -1.32. The van der Waals surface area contributed by atoms with Crippen LogP contribution in [0.15, 0.2) is 43.1 Å². The topological polar surface area (TPSA) is 127 Å². The SMILES string of the molecule is CCCc1cnc(N2CCC(n3cc(F)c4c(Nc5ccc(C(=O)CNCC(=O)OC(C)(C)C)cc5F)ncnc43)CC2)nc1. The second-order valence-corrected chi connectivity index (χ2v) is 12.1. The number of Topliss-reactive ketones (excluding diaryl/α,β-unsaturated/α-hetero) is 1. The average Bonchev–Trinajstić information content (AvgIpc) is 3.35. The van der Waals surface area contributed by atoms with Gasteiger partial charge < -0.3 is 19.5 Å². The van der Waals surface area contributed by atoms with E-state index in [9.17, 15) is 9.59 Å². The van der Waals surface area contributed by atoms with Gasteiger partial charge in [-0.1, -0.05) is 13.3 Å². The van der Waals surface area contributed by atoms with Gasteiger partial charge in [-0.25, -0.2) is 28.7 Å². The Labute approximate surface area is 260 Å². The molecule has 0 atom stereocenters. The molecule has 1 aliphatic heterocycles. The van der Waals surface area contributed by atoms with Crippen LogP contribution >= 0.6 is 0 Å². The Bertz CT molecular complexity index is 1660. The molecule has 0 saturated carbocycles. The van der Waals surface area contributed by atoms with Crippen molar-refractivity contribution in [2.75, 3.05) is 36.4 Å². The number of aryl methyl sites for hydroxylation is 1. The Hall–Kier alpha value is -4.52. The molecule has 0 unspecified atom stereocenters. The van der Waals surface area contributed by atoms with E-state index in [-0.39, 0.29) is 41.6 Å². The molecule has 11 nitrogen and oxygen atoms in total. The number of anilines is 3. The van der Waals surface area contributed by atoms with Gasteiger partial charge in [0, 0.05) is 43.3 Å². The third-order valence-corrected chi connectivity index (χ3v) is 7.45. The van der Waals surface area contributed by atoms with Crippen LogP contribution in [0.5, 0.6) is 0 Å². The number of benzene rings is 1. The van der Waals surface area contributed by atoms with Crippen molar-refractivity contribution in [3.8, 4) is 0 Å². The number of halogens is 2. The summed E-state index contributed by atoms with van der Waals surface area (Å²) in [4.78, 5) is 44.1. The van der Waals surface area contributed by atoms with Crippen LogP contribution in [0, 0.1) is 11.6 Å². The van der Waals surface area contributed by atoms with E-state index in [0.29, 0.717) is 24.7 Å². The maximum Gasteiger partial charge on any atom is 0.320 e. The molecule has 1 aromatic carbocycles. The van der Waals surface area contributed by atoms with Crippen molar-refractivity contribution in [1.82, 2.24) is 29.8 Å². The Morgan fingerprint density at radius 3 is 2.42 bits per heavy atom. The number of hydrogen-bond donors (Lipinski definition) is 2. The predicted molar refractivity (Wildman–Crippen MR) is 167 cm³/mol. The molecule has 0 radical (unpaired) electrons. The van der Waals surface area contributed by atoms with Gasteiger partial charge in [-0.05, 0) is 63.8 Å². The number of ether oxygens (including phenoxy) is 1. The molecule has 1 saturated heterocycles. The van der Waals surface area contributed by atoms with E-state index in [1.165, 1.54) is 24.7 Å². The lowest BCUT2D eigenvalue weighted by Gasteiger charge is -2.32. The molecule has 0 amide bonds. The van der Waals surface area contributed by atoms with Gasteiger partial charge in [-0.3, -0.25) is 14.9 Å². The van der Waals surface area contributed by atoms with Crippen molar-refractivity contribution in [1.29, 1.82) is 0 Å². The van der Waals surface area contributed by atoms with Crippen LogP contribution in [0.1, 0.15) is 68.9 Å². The molecule has 3 aromatic heterocycles. The smallest absolute Gasteiger partial charge is 0.320 e. The summed E-state index contributed by atoms with van der Waals surface area (Å²) in [5, 5.41) is 5.74. The minimum Gasteiger partial charge on any atom is -0.459 e. The highest BCUT2D eigenvalue weighted by Crippen LogP contribution is 2.33. The average molecular weight is 621 g/mol. The summed E-state index contributed by atoms with van der Waals surface area (Å²) < 4.78 is 37.5. The summed E-state index contributed by atoms with van der Waals surface area (Å²) in [7, 11) is 0. The third kappa shape index (κ3) is 7.77. The first-order chi connectivity index (χ1) is 21.5. The number of fused-ring (bicyclic) bond motifs is 1. The lowest BCUT2D eigenvalue weighted by atomic mass is 10.1. The Morgan fingerprint density at radius 2 is 1.76 bits per heavy atom. The van der Waals surface area contributed by atoms with Gasteiger partial charge in [0.15, 0.2) is 11.6 Å². The van der Waals surface area contributed by atoms with Gasteiger partial charge in [0.1, 0.15) is 29.2 Å². The van der Waals surface area contributed by atoms with Crippen LogP contribution < -0.4 is 15.5 Å². The van der Waals surface area contributed by atoms with Crippen LogP contribution in [-0.2, 0) is 16.0 Å². The largest absolute Gasteiger partial charge is 0.459 e. The minimum atomic E-state index is -0.711. The van der Waals surface area contributed by atoms with E-state index in [0.717, 1.165) is 37.3 Å². The first-order valence-electron chi connectivity index (χ1n) is 15.1. The number of carbonyl (C=O) groups is 2. The van der Waals surface area contributed by atoms with E-state index in [4.69, 9.17) is 4.74 Å². The molecule has 1 aliphatic rings. The Kier molecular flexibility index (Phi) is 9.66. The van der Waals surface area contributed by atoms with E-state index < -0.39 is 29.0 Å². The van der Waals surface area contributed by atoms with Crippen molar-refractivity contribution in [2.24, 2.45) is 0 Å². The van der Waals surface area contributed by atoms with Crippen molar-refractivity contribution in [2.45, 2.75) is 65.0 Å². The van der Waals surface area contributed by atoms with E-state index in [1.54, 1.807) is 20.8 Å². The molecule has 5 rings (SSSR count). The number of carbonyl (C=O) groups excluding carboxylic acids is 2. The second-order valence-electron chi connectivity index (χ2n) is 12.1. The second kappa shape index (κ2) is 13.6. The summed E-state index contributed by atoms with van der Waals surface area (Å²) in [6, 6.07) is 3.94. The molecule has 4 heterocycles. The van der Waals surface area contributed by atoms with Crippen molar-refractivity contribution in [3.63, 3.8) is 0 Å².